The lowest BCUT2D eigenvalue weighted by atomic mass is 10.1. The summed E-state index contributed by atoms with van der Waals surface area (Å²) >= 11 is 0. The molecule has 1 N–H and O–H groups in total. The van der Waals surface area contributed by atoms with Gasteiger partial charge in [-0.2, -0.15) is 0 Å². The van der Waals surface area contributed by atoms with Crippen LogP contribution in [0.1, 0.15) is 18.1 Å². The molecule has 0 unspecified atom stereocenters. The van der Waals surface area contributed by atoms with Crippen LogP contribution in [0, 0.1) is 5.82 Å². The second kappa shape index (κ2) is 5.10. The van der Waals surface area contributed by atoms with E-state index < -0.39 is 5.97 Å². The fourth-order valence-corrected chi connectivity index (χ4v) is 1.13. The molecule has 1 rings (SSSR count). The summed E-state index contributed by atoms with van der Waals surface area (Å²) in [6.07, 6.45) is 5.72. The Morgan fingerprint density at radius 1 is 1.40 bits per heavy atom. The average molecular weight is 206 g/mol. The van der Waals surface area contributed by atoms with Gasteiger partial charge in [-0.1, -0.05) is 24.3 Å². The lowest BCUT2D eigenvalue weighted by Gasteiger charge is -1.98. The summed E-state index contributed by atoms with van der Waals surface area (Å²) in [5, 5.41) is 8.39. The predicted molar refractivity (Wildman–Crippen MR) is 57.8 cm³/mol. The van der Waals surface area contributed by atoms with Gasteiger partial charge in [0, 0.05) is 11.6 Å². The first kappa shape index (κ1) is 11.2. The van der Waals surface area contributed by atoms with Crippen LogP contribution in [0.15, 0.2) is 30.4 Å². The third-order valence-corrected chi connectivity index (χ3v) is 1.79. The molecule has 0 spiro atoms. The fourth-order valence-electron chi connectivity index (χ4n) is 1.13. The lowest BCUT2D eigenvalue weighted by molar-refractivity contribution is -0.131. The van der Waals surface area contributed by atoms with E-state index >= 15 is 0 Å². The van der Waals surface area contributed by atoms with Gasteiger partial charge < -0.3 is 5.11 Å². The first-order valence-corrected chi connectivity index (χ1v) is 4.46. The number of hydrogen-bond acceptors (Lipinski definition) is 1. The molecule has 15 heavy (non-hydrogen) atoms. The largest absolute Gasteiger partial charge is 0.478 e. The molecule has 0 atom stereocenters. The maximum absolute atomic E-state index is 13.3. The Morgan fingerprint density at radius 3 is 2.67 bits per heavy atom. The predicted octanol–water partition coefficient (Wildman–Crippen LogP) is 2.96. The van der Waals surface area contributed by atoms with Crippen molar-refractivity contribution in [2.24, 2.45) is 0 Å². The van der Waals surface area contributed by atoms with Crippen LogP contribution in [0.4, 0.5) is 4.39 Å². The van der Waals surface area contributed by atoms with Crippen LogP contribution < -0.4 is 0 Å². The Kier molecular flexibility index (Phi) is 3.80. The van der Waals surface area contributed by atoms with Crippen molar-refractivity contribution in [2.75, 3.05) is 0 Å². The molecule has 0 bridgehead atoms. The van der Waals surface area contributed by atoms with E-state index in [2.05, 4.69) is 0 Å². The van der Waals surface area contributed by atoms with Gasteiger partial charge in [0.05, 0.1) is 0 Å². The van der Waals surface area contributed by atoms with E-state index in [9.17, 15) is 9.18 Å². The Morgan fingerprint density at radius 2 is 2.13 bits per heavy atom. The van der Waals surface area contributed by atoms with Gasteiger partial charge in [-0.05, 0) is 24.6 Å². The minimum absolute atomic E-state index is 0.361. The highest BCUT2D eigenvalue weighted by Crippen LogP contribution is 2.13. The minimum Gasteiger partial charge on any atom is -0.478 e. The summed E-state index contributed by atoms with van der Waals surface area (Å²) in [6.45, 7) is 1.80. The Hall–Kier alpha value is -1.90. The number of rotatable bonds is 3. The lowest BCUT2D eigenvalue weighted by Crippen LogP contribution is -1.87. The van der Waals surface area contributed by atoms with E-state index in [0.29, 0.717) is 11.1 Å². The van der Waals surface area contributed by atoms with Crippen LogP contribution in [0.3, 0.4) is 0 Å². The molecule has 0 heterocycles. The van der Waals surface area contributed by atoms with Gasteiger partial charge in [0.25, 0.3) is 0 Å². The van der Waals surface area contributed by atoms with Crippen molar-refractivity contribution >= 4 is 18.1 Å². The monoisotopic (exact) mass is 206 g/mol. The van der Waals surface area contributed by atoms with Gasteiger partial charge >= 0.3 is 5.97 Å². The molecule has 2 nitrogen and oxygen atoms in total. The van der Waals surface area contributed by atoms with Crippen LogP contribution in [0.25, 0.3) is 12.2 Å². The molecule has 0 radical (unpaired) electrons. The smallest absolute Gasteiger partial charge is 0.328 e. The quantitative estimate of drug-likeness (QED) is 0.772. The van der Waals surface area contributed by atoms with Crippen LogP contribution in [-0.4, -0.2) is 11.1 Å². The van der Waals surface area contributed by atoms with Crippen molar-refractivity contribution in [2.45, 2.75) is 6.92 Å². The van der Waals surface area contributed by atoms with Gasteiger partial charge in [0.15, 0.2) is 0 Å². The molecular weight excluding hydrogens is 195 g/mol. The van der Waals surface area contributed by atoms with E-state index in [4.69, 9.17) is 5.11 Å². The Bertz CT molecular complexity index is 420. The highest BCUT2D eigenvalue weighted by molar-refractivity contribution is 5.85. The normalized spacial score (nSPS) is 11.3. The molecule has 0 fully saturated rings. The molecule has 0 saturated heterocycles. The number of carboxylic acids is 1. The molecule has 0 aromatic heterocycles. The van der Waals surface area contributed by atoms with Crippen LogP contribution in [-0.2, 0) is 4.79 Å². The third kappa shape index (κ3) is 3.38. The molecule has 3 heteroatoms. The first-order valence-electron chi connectivity index (χ1n) is 4.46. The molecule has 0 aliphatic heterocycles. The molecule has 0 saturated carbocycles. The summed E-state index contributed by atoms with van der Waals surface area (Å²) in [6, 6.07) is 4.57. The third-order valence-electron chi connectivity index (χ3n) is 1.79. The maximum Gasteiger partial charge on any atom is 0.328 e. The number of benzene rings is 1. The summed E-state index contributed by atoms with van der Waals surface area (Å²) in [5.74, 6) is -1.41. The van der Waals surface area contributed by atoms with Crippen LogP contribution in [0.5, 0.6) is 0 Å². The van der Waals surface area contributed by atoms with Gasteiger partial charge in [0.1, 0.15) is 5.82 Å². The van der Waals surface area contributed by atoms with Crippen molar-refractivity contribution in [1.82, 2.24) is 0 Å². The van der Waals surface area contributed by atoms with E-state index in [0.717, 1.165) is 6.08 Å². The number of allylic oxidation sites excluding steroid dienone is 1. The van der Waals surface area contributed by atoms with Gasteiger partial charge in [-0.3, -0.25) is 0 Å². The molecule has 1 aromatic carbocycles. The van der Waals surface area contributed by atoms with E-state index in [-0.39, 0.29) is 5.82 Å². The number of halogens is 1. The Labute approximate surface area is 87.4 Å². The molecule has 0 aliphatic carbocycles. The molecular formula is C12H11FO2. The van der Waals surface area contributed by atoms with Gasteiger partial charge in [-0.25, -0.2) is 9.18 Å². The SMILES string of the molecule is CC=Cc1ccc(C=CC(=O)O)cc1F. The fraction of sp³-hybridized carbons (Fsp3) is 0.0833. The number of hydrogen-bond donors (Lipinski definition) is 1. The second-order valence-electron chi connectivity index (χ2n) is 2.95. The molecule has 0 aliphatic rings. The van der Waals surface area contributed by atoms with Gasteiger partial charge in [-0.15, -0.1) is 0 Å². The number of carbonyl (C=O) groups is 1. The van der Waals surface area contributed by atoms with Crippen molar-refractivity contribution in [3.8, 4) is 0 Å². The highest BCUT2D eigenvalue weighted by Gasteiger charge is 1.98. The summed E-state index contributed by atoms with van der Waals surface area (Å²) in [4.78, 5) is 10.2. The number of aliphatic carboxylic acids is 1. The Balaban J connectivity index is 2.96. The van der Waals surface area contributed by atoms with Crippen molar-refractivity contribution in [1.29, 1.82) is 0 Å². The van der Waals surface area contributed by atoms with Crippen molar-refractivity contribution < 1.29 is 14.3 Å². The van der Waals surface area contributed by atoms with Crippen LogP contribution >= 0.6 is 0 Å². The van der Waals surface area contributed by atoms with Crippen molar-refractivity contribution in [3.05, 3.63) is 47.3 Å². The highest BCUT2D eigenvalue weighted by atomic mass is 19.1. The van der Waals surface area contributed by atoms with Crippen LogP contribution in [0.2, 0.25) is 0 Å². The number of carboxylic acid groups (broad SMARTS) is 1. The summed E-state index contributed by atoms with van der Waals surface area (Å²) < 4.78 is 13.3. The first-order chi connectivity index (χ1) is 7.13. The topological polar surface area (TPSA) is 37.3 Å². The van der Waals surface area contributed by atoms with Gasteiger partial charge in [0.2, 0.25) is 0 Å². The molecule has 78 valence electrons. The zero-order chi connectivity index (χ0) is 11.3. The minimum atomic E-state index is -1.05. The summed E-state index contributed by atoms with van der Waals surface area (Å²) in [5.41, 5.74) is 1.02. The van der Waals surface area contributed by atoms with Crippen molar-refractivity contribution in [3.63, 3.8) is 0 Å². The summed E-state index contributed by atoms with van der Waals surface area (Å²) in [7, 11) is 0. The standard InChI is InChI=1S/C12H11FO2/c1-2-3-10-6-4-9(8-11(10)13)5-7-12(14)15/h2-8H,1H3,(H,14,15). The zero-order valence-electron chi connectivity index (χ0n) is 8.27. The zero-order valence-corrected chi connectivity index (χ0v) is 8.27. The second-order valence-corrected chi connectivity index (χ2v) is 2.95. The molecule has 0 amide bonds. The van der Waals surface area contributed by atoms with E-state index in [1.807, 2.05) is 0 Å². The average Bonchev–Trinajstić information content (AvgIpc) is 2.19. The molecule has 1 aromatic rings. The van der Waals surface area contributed by atoms with E-state index in [1.54, 1.807) is 31.2 Å². The van der Waals surface area contributed by atoms with E-state index in [1.165, 1.54) is 12.1 Å². The maximum atomic E-state index is 13.3.